The number of piperidine rings is 1. The minimum atomic E-state index is -0.975. The second-order valence-corrected chi connectivity index (χ2v) is 6.46. The number of nitrogens with zero attached hydrogens (tertiary/aromatic N) is 3. The Bertz CT molecular complexity index is 853. The van der Waals surface area contributed by atoms with Gasteiger partial charge in [0.05, 0.1) is 37.7 Å². The molecule has 0 radical (unpaired) electrons. The summed E-state index contributed by atoms with van der Waals surface area (Å²) in [6.45, 7) is 2.88. The zero-order valence-corrected chi connectivity index (χ0v) is 15.6. The van der Waals surface area contributed by atoms with E-state index in [1.807, 2.05) is 0 Å². The van der Waals surface area contributed by atoms with Crippen LogP contribution in [-0.4, -0.2) is 59.0 Å². The summed E-state index contributed by atoms with van der Waals surface area (Å²) >= 11 is 0. The van der Waals surface area contributed by atoms with Gasteiger partial charge in [0.2, 0.25) is 0 Å². The number of carboxylic acids is 1. The van der Waals surface area contributed by atoms with Gasteiger partial charge >= 0.3 is 5.97 Å². The number of amides is 1. The largest absolute Gasteiger partial charge is 0.493 e. The highest BCUT2D eigenvalue weighted by atomic mass is 16.5. The highest BCUT2D eigenvalue weighted by Crippen LogP contribution is 2.33. The second-order valence-electron chi connectivity index (χ2n) is 6.46. The number of carbonyl (C=O) groups excluding carboxylic acids is 1. The van der Waals surface area contributed by atoms with Gasteiger partial charge in [-0.25, -0.2) is 4.79 Å². The molecule has 1 fully saturated rings. The summed E-state index contributed by atoms with van der Waals surface area (Å²) in [7, 11) is 3.05. The Balaban J connectivity index is 1.73. The molecule has 2 aromatic rings. The van der Waals surface area contributed by atoms with E-state index in [-0.39, 0.29) is 17.5 Å². The number of aromatic nitrogens is 2. The molecule has 1 aromatic carbocycles. The Kier molecular flexibility index (Phi) is 5.34. The molecule has 2 heterocycles. The first kappa shape index (κ1) is 18.8. The van der Waals surface area contributed by atoms with Crippen LogP contribution in [0.15, 0.2) is 24.4 Å². The maximum absolute atomic E-state index is 12.9. The zero-order chi connectivity index (χ0) is 19.6. The van der Waals surface area contributed by atoms with Gasteiger partial charge in [-0.1, -0.05) is 6.07 Å². The van der Waals surface area contributed by atoms with E-state index >= 15 is 0 Å². The monoisotopic (exact) mass is 373 g/mol. The quantitative estimate of drug-likeness (QED) is 0.865. The molecular weight excluding hydrogens is 350 g/mol. The summed E-state index contributed by atoms with van der Waals surface area (Å²) in [6.07, 6.45) is 2.80. The van der Waals surface area contributed by atoms with Gasteiger partial charge in [-0.3, -0.25) is 9.48 Å². The van der Waals surface area contributed by atoms with Gasteiger partial charge in [0, 0.05) is 13.1 Å². The van der Waals surface area contributed by atoms with Gasteiger partial charge in [0.15, 0.2) is 11.5 Å². The van der Waals surface area contributed by atoms with Crippen molar-refractivity contribution in [3.05, 3.63) is 41.2 Å². The average Bonchev–Trinajstić information content (AvgIpc) is 3.08. The van der Waals surface area contributed by atoms with Crippen LogP contribution in [0.3, 0.4) is 0 Å². The van der Waals surface area contributed by atoms with Crippen molar-refractivity contribution < 1.29 is 24.2 Å². The molecule has 1 saturated heterocycles. The van der Waals surface area contributed by atoms with Crippen LogP contribution in [-0.2, 0) is 0 Å². The molecule has 0 atom stereocenters. The summed E-state index contributed by atoms with van der Waals surface area (Å²) in [5, 5.41) is 13.4. The van der Waals surface area contributed by atoms with Crippen molar-refractivity contribution in [1.29, 1.82) is 0 Å². The highest BCUT2D eigenvalue weighted by molar-refractivity contribution is 5.98. The fourth-order valence-corrected chi connectivity index (χ4v) is 3.54. The molecule has 144 valence electrons. The van der Waals surface area contributed by atoms with E-state index < -0.39 is 5.97 Å². The lowest BCUT2D eigenvalue weighted by atomic mass is 10.0. The third-order valence-electron chi connectivity index (χ3n) is 5.01. The van der Waals surface area contributed by atoms with Gasteiger partial charge in [-0.2, -0.15) is 5.10 Å². The smallest absolute Gasteiger partial charge is 0.339 e. The van der Waals surface area contributed by atoms with Gasteiger partial charge in [-0.15, -0.1) is 0 Å². The molecular formula is C19H23N3O5. The van der Waals surface area contributed by atoms with Crippen LogP contribution in [0, 0.1) is 6.92 Å². The first-order valence-electron chi connectivity index (χ1n) is 8.75. The van der Waals surface area contributed by atoms with Crippen LogP contribution in [0.2, 0.25) is 0 Å². The minimum absolute atomic E-state index is 0.0781. The van der Waals surface area contributed by atoms with E-state index in [1.165, 1.54) is 20.4 Å². The van der Waals surface area contributed by atoms with Crippen molar-refractivity contribution in [3.8, 4) is 11.5 Å². The Labute approximate surface area is 157 Å². The molecule has 0 aliphatic carbocycles. The SMILES string of the molecule is COc1cccc(C(=O)N2CCC(n3ncc(C(=O)O)c3C)CC2)c1OC. The molecule has 1 amide bonds. The van der Waals surface area contributed by atoms with E-state index in [2.05, 4.69) is 5.10 Å². The number of methoxy groups -OCH3 is 2. The standard InChI is InChI=1S/C19H23N3O5/c1-12-15(19(24)25)11-20-22(12)13-7-9-21(10-8-13)18(23)14-5-4-6-16(26-2)17(14)27-3/h4-6,11,13H,7-10H2,1-3H3,(H,24,25). The van der Waals surface area contributed by atoms with E-state index in [4.69, 9.17) is 9.47 Å². The van der Waals surface area contributed by atoms with Crippen LogP contribution < -0.4 is 9.47 Å². The molecule has 1 aliphatic rings. The molecule has 1 aromatic heterocycles. The molecule has 3 rings (SSSR count). The van der Waals surface area contributed by atoms with E-state index in [1.54, 1.807) is 34.7 Å². The van der Waals surface area contributed by atoms with Gasteiger partial charge in [0.1, 0.15) is 5.56 Å². The van der Waals surface area contributed by atoms with Crippen molar-refractivity contribution in [3.63, 3.8) is 0 Å². The van der Waals surface area contributed by atoms with Crippen molar-refractivity contribution >= 4 is 11.9 Å². The number of benzene rings is 1. The molecule has 8 nitrogen and oxygen atoms in total. The lowest BCUT2D eigenvalue weighted by molar-refractivity contribution is 0.0684. The third kappa shape index (κ3) is 3.47. The van der Waals surface area contributed by atoms with Gasteiger partial charge < -0.3 is 19.5 Å². The van der Waals surface area contributed by atoms with E-state index in [0.29, 0.717) is 48.7 Å². The van der Waals surface area contributed by atoms with E-state index in [9.17, 15) is 14.7 Å². The van der Waals surface area contributed by atoms with Crippen molar-refractivity contribution in [1.82, 2.24) is 14.7 Å². The van der Waals surface area contributed by atoms with Crippen LogP contribution in [0.1, 0.15) is 45.3 Å². The molecule has 0 spiro atoms. The molecule has 8 heteroatoms. The maximum Gasteiger partial charge on any atom is 0.339 e. The number of rotatable bonds is 5. The summed E-state index contributed by atoms with van der Waals surface area (Å²) in [5.74, 6) is -0.128. The summed E-state index contributed by atoms with van der Waals surface area (Å²) < 4.78 is 12.4. The molecule has 1 aliphatic heterocycles. The first-order valence-corrected chi connectivity index (χ1v) is 8.75. The maximum atomic E-state index is 12.9. The van der Waals surface area contributed by atoms with Gasteiger partial charge in [-0.05, 0) is 31.9 Å². The Morgan fingerprint density at radius 2 is 1.85 bits per heavy atom. The van der Waals surface area contributed by atoms with E-state index in [0.717, 1.165) is 0 Å². The predicted octanol–water partition coefficient (Wildman–Crippen LogP) is 2.38. The van der Waals surface area contributed by atoms with Crippen molar-refractivity contribution in [2.45, 2.75) is 25.8 Å². The summed E-state index contributed by atoms with van der Waals surface area (Å²) in [4.78, 5) is 25.9. The zero-order valence-electron chi connectivity index (χ0n) is 15.6. The summed E-state index contributed by atoms with van der Waals surface area (Å²) in [5.41, 5.74) is 1.33. The normalized spacial score (nSPS) is 14.9. The third-order valence-corrected chi connectivity index (χ3v) is 5.01. The Morgan fingerprint density at radius 3 is 2.41 bits per heavy atom. The number of aromatic carboxylic acids is 1. The van der Waals surface area contributed by atoms with Crippen LogP contribution >= 0.6 is 0 Å². The highest BCUT2D eigenvalue weighted by Gasteiger charge is 2.29. The van der Waals surface area contributed by atoms with Crippen LogP contribution in [0.25, 0.3) is 0 Å². The van der Waals surface area contributed by atoms with Crippen LogP contribution in [0.4, 0.5) is 0 Å². The summed E-state index contributed by atoms with van der Waals surface area (Å²) in [6, 6.07) is 5.32. The number of ether oxygens (including phenoxy) is 2. The average molecular weight is 373 g/mol. The number of likely N-dealkylation sites (tertiary alicyclic amines) is 1. The number of hydrogen-bond acceptors (Lipinski definition) is 5. The number of carbonyl (C=O) groups is 2. The fraction of sp³-hybridized carbons (Fsp3) is 0.421. The minimum Gasteiger partial charge on any atom is -0.493 e. The molecule has 0 unspecified atom stereocenters. The van der Waals surface area contributed by atoms with Crippen LogP contribution in [0.5, 0.6) is 11.5 Å². The predicted molar refractivity (Wildman–Crippen MR) is 97.6 cm³/mol. The number of para-hydroxylation sites is 1. The van der Waals surface area contributed by atoms with Crippen molar-refractivity contribution in [2.75, 3.05) is 27.3 Å². The number of hydrogen-bond donors (Lipinski definition) is 1. The van der Waals surface area contributed by atoms with Gasteiger partial charge in [0.25, 0.3) is 5.91 Å². The first-order chi connectivity index (χ1) is 13.0. The molecule has 0 saturated carbocycles. The Morgan fingerprint density at radius 1 is 1.15 bits per heavy atom. The molecule has 0 bridgehead atoms. The van der Waals surface area contributed by atoms with Crippen molar-refractivity contribution in [2.24, 2.45) is 0 Å². The molecule has 1 N–H and O–H groups in total. The topological polar surface area (TPSA) is 93.9 Å². The second kappa shape index (κ2) is 7.69. The number of carboxylic acid groups (broad SMARTS) is 1. The molecule has 27 heavy (non-hydrogen) atoms. The fourth-order valence-electron chi connectivity index (χ4n) is 3.54. The Hall–Kier alpha value is -3.03. The lowest BCUT2D eigenvalue weighted by Crippen LogP contribution is -2.39. The lowest BCUT2D eigenvalue weighted by Gasteiger charge is -2.33.